The van der Waals surface area contributed by atoms with E-state index in [1.54, 1.807) is 112 Å². The zero-order valence-electron chi connectivity index (χ0n) is 33.3. The number of alkyl halides is 3. The van der Waals surface area contributed by atoms with Crippen molar-refractivity contribution in [2.24, 2.45) is 0 Å². The van der Waals surface area contributed by atoms with Crippen LogP contribution in [0.5, 0.6) is 0 Å². The molecule has 2 aromatic heterocycles. The Labute approximate surface area is 364 Å². The van der Waals surface area contributed by atoms with Gasteiger partial charge in [0.15, 0.2) is 22.7 Å². The molecule has 0 aliphatic rings. The minimum atomic E-state index is -4.93. The summed E-state index contributed by atoms with van der Waals surface area (Å²) < 4.78 is 53.1. The highest BCUT2D eigenvalue weighted by atomic mass is 19.4. The van der Waals surface area contributed by atoms with Crippen LogP contribution in [0, 0.1) is 37.6 Å². The Morgan fingerprint density at radius 2 is 0.953 bits per heavy atom. The van der Waals surface area contributed by atoms with Crippen molar-refractivity contribution in [3.05, 3.63) is 215 Å². The highest BCUT2D eigenvalue weighted by Crippen LogP contribution is 2.48. The highest BCUT2D eigenvalue weighted by molar-refractivity contribution is 6.13. The van der Waals surface area contributed by atoms with E-state index in [9.17, 15) is 5.26 Å². The molecule has 10 rings (SSSR count). The molecule has 7 nitrogen and oxygen atoms in total. The molecule has 0 saturated heterocycles. The van der Waals surface area contributed by atoms with Gasteiger partial charge in [-0.25, -0.2) is 19.4 Å². The van der Waals surface area contributed by atoms with Crippen LogP contribution in [0.1, 0.15) is 11.1 Å². The van der Waals surface area contributed by atoms with Crippen molar-refractivity contribution in [2.45, 2.75) is 6.18 Å². The third-order valence-electron chi connectivity index (χ3n) is 11.5. The molecule has 0 amide bonds. The second-order valence-electron chi connectivity index (χ2n) is 15.1. The van der Waals surface area contributed by atoms with Crippen molar-refractivity contribution in [2.75, 3.05) is 0 Å². The van der Waals surface area contributed by atoms with Crippen LogP contribution >= 0.6 is 0 Å². The average Bonchev–Trinajstić information content (AvgIpc) is 3.84. The van der Waals surface area contributed by atoms with Crippen molar-refractivity contribution >= 4 is 66.4 Å². The number of benzene rings is 8. The summed E-state index contributed by atoms with van der Waals surface area (Å²) in [6, 6.07) is 47.2. The van der Waals surface area contributed by atoms with Crippen molar-refractivity contribution in [3.63, 3.8) is 0 Å². The van der Waals surface area contributed by atoms with Gasteiger partial charge in [-0.3, -0.25) is 0 Å². The van der Waals surface area contributed by atoms with E-state index in [2.05, 4.69) is 25.4 Å². The molecule has 10 heteroatoms. The summed E-state index contributed by atoms with van der Waals surface area (Å²) in [4.78, 5) is 14.3. The number of nitrogens with zero attached hydrogens (tertiary/aromatic N) is 7. The van der Waals surface area contributed by atoms with Crippen LogP contribution in [0.25, 0.3) is 108 Å². The zero-order valence-corrected chi connectivity index (χ0v) is 33.3. The average molecular weight is 830 g/mol. The summed E-state index contributed by atoms with van der Waals surface area (Å²) in [5, 5.41) is 12.4. The predicted octanol–water partition coefficient (Wildman–Crippen LogP) is 16.0. The molecule has 298 valence electrons. The zero-order chi connectivity index (χ0) is 44.3. The fraction of sp³-hybridized carbons (Fsp3) is 0.0185. The number of fused-ring (bicyclic) bond motifs is 6. The van der Waals surface area contributed by atoms with Crippen LogP contribution in [-0.2, 0) is 6.18 Å². The molecule has 10 aromatic rings. The number of nitriles is 1. The lowest BCUT2D eigenvalue weighted by molar-refractivity contribution is -0.137. The Hall–Kier alpha value is -9.40. The molecule has 2 heterocycles. The normalized spacial score (nSPS) is 11.3. The number of hydrogen-bond donors (Lipinski definition) is 0. The lowest BCUT2D eigenvalue weighted by atomic mass is 9.96. The maximum Gasteiger partial charge on any atom is 0.420 e. The third-order valence-corrected chi connectivity index (χ3v) is 11.5. The quantitative estimate of drug-likeness (QED) is 0.159. The molecule has 0 fully saturated rings. The number of para-hydroxylation sites is 2. The molecule has 0 unspecified atom stereocenters. The van der Waals surface area contributed by atoms with Crippen LogP contribution in [0.2, 0.25) is 0 Å². The molecular formula is C54H26F3N7. The first-order valence-electron chi connectivity index (χ1n) is 19.7. The van der Waals surface area contributed by atoms with Gasteiger partial charge < -0.3 is 9.13 Å². The summed E-state index contributed by atoms with van der Waals surface area (Å²) in [5.41, 5.74) is 5.74. The van der Waals surface area contributed by atoms with E-state index < -0.39 is 11.7 Å². The van der Waals surface area contributed by atoms with E-state index in [0.717, 1.165) is 0 Å². The van der Waals surface area contributed by atoms with Crippen LogP contribution in [0.3, 0.4) is 0 Å². The van der Waals surface area contributed by atoms with Crippen molar-refractivity contribution < 1.29 is 13.2 Å². The number of hydrogen-bond acceptors (Lipinski definition) is 1. The molecule has 0 radical (unpaired) electrons. The SMILES string of the molecule is [C-]#[N+]c1cc(C#N)cc(-c2ccc3c(c2)c2ccccc2n3-c2ccc(-c3cccc([N+]#[C-])c3)c(-n3c4ccccc4c4cc(-c5cc([N+]#[C-])cc([N+]#[C-])c5)ccc43)c2C(F)(F)F)c1. The number of rotatable bonds is 5. The highest BCUT2D eigenvalue weighted by Gasteiger charge is 2.40. The van der Waals surface area contributed by atoms with Gasteiger partial charge in [-0.05, 0) is 94.5 Å². The van der Waals surface area contributed by atoms with E-state index in [0.29, 0.717) is 94.1 Å². The molecule has 0 bridgehead atoms. The van der Waals surface area contributed by atoms with Gasteiger partial charge in [0.25, 0.3) is 0 Å². The van der Waals surface area contributed by atoms with Crippen LogP contribution < -0.4 is 0 Å². The molecule has 0 aliphatic carbocycles. The van der Waals surface area contributed by atoms with Crippen LogP contribution in [0.15, 0.2) is 158 Å². The van der Waals surface area contributed by atoms with Gasteiger partial charge in [0, 0.05) is 32.7 Å². The lowest BCUT2D eigenvalue weighted by Crippen LogP contribution is -2.16. The Balaban J connectivity index is 1.31. The molecule has 0 saturated carbocycles. The van der Waals surface area contributed by atoms with Gasteiger partial charge in [0.2, 0.25) is 0 Å². The fourth-order valence-corrected chi connectivity index (χ4v) is 8.86. The van der Waals surface area contributed by atoms with E-state index in [-0.39, 0.29) is 22.6 Å². The topological polar surface area (TPSA) is 51.1 Å². The van der Waals surface area contributed by atoms with Gasteiger partial charge in [-0.1, -0.05) is 91.0 Å². The Morgan fingerprint density at radius 3 is 1.53 bits per heavy atom. The second-order valence-corrected chi connectivity index (χ2v) is 15.1. The summed E-state index contributed by atoms with van der Waals surface area (Å²) in [7, 11) is 0. The first-order chi connectivity index (χ1) is 31.1. The van der Waals surface area contributed by atoms with E-state index >= 15 is 13.2 Å². The first kappa shape index (κ1) is 38.8. The summed E-state index contributed by atoms with van der Waals surface area (Å²) >= 11 is 0. The predicted molar refractivity (Wildman–Crippen MR) is 246 cm³/mol. The van der Waals surface area contributed by atoms with E-state index in [4.69, 9.17) is 26.3 Å². The minimum absolute atomic E-state index is 0.113. The van der Waals surface area contributed by atoms with Gasteiger partial charge in [0.05, 0.1) is 65.8 Å². The lowest BCUT2D eigenvalue weighted by Gasteiger charge is -2.24. The standard InChI is InChI=1S/C54H26F3N7/c1-59-38-11-9-10-35(24-38)42-18-21-51(63-47-14-7-5-12-43(47)45-28-33(16-19-49(45)63)36-22-32(31-58)23-39(25-36)60-2)52(54(55,56)57)53(42)64-48-15-8-6-13-44(48)46-29-34(17-20-50(46)64)37-26-40(61-3)30-41(27-37)62-4/h5-30H. The first-order valence-corrected chi connectivity index (χ1v) is 19.7. The maximum atomic E-state index is 16.6. The molecule has 0 aliphatic heterocycles. The molecule has 8 aromatic carbocycles. The van der Waals surface area contributed by atoms with Gasteiger partial charge in [-0.2, -0.15) is 18.4 Å². The molecular weight excluding hydrogens is 804 g/mol. The van der Waals surface area contributed by atoms with Gasteiger partial charge >= 0.3 is 6.18 Å². The maximum absolute atomic E-state index is 16.6. The summed E-state index contributed by atoms with van der Waals surface area (Å²) in [6.45, 7) is 30.6. The Kier molecular flexibility index (Phi) is 9.06. The number of aromatic nitrogens is 2. The van der Waals surface area contributed by atoms with E-state index in [1.165, 1.54) is 18.2 Å². The van der Waals surface area contributed by atoms with Gasteiger partial charge in [-0.15, -0.1) is 0 Å². The van der Waals surface area contributed by atoms with Crippen LogP contribution in [-0.4, -0.2) is 9.13 Å². The molecule has 64 heavy (non-hydrogen) atoms. The molecule has 0 spiro atoms. The van der Waals surface area contributed by atoms with Crippen molar-refractivity contribution in [1.29, 1.82) is 5.26 Å². The number of halogens is 3. The molecule has 0 N–H and O–H groups in total. The Bertz CT molecular complexity index is 3790. The van der Waals surface area contributed by atoms with Crippen LogP contribution in [0.4, 0.5) is 35.9 Å². The largest absolute Gasteiger partial charge is 0.420 e. The van der Waals surface area contributed by atoms with Gasteiger partial charge in [0.1, 0.15) is 5.56 Å². The van der Waals surface area contributed by atoms with E-state index in [1.807, 2.05) is 36.4 Å². The monoisotopic (exact) mass is 829 g/mol. The smallest absolute Gasteiger partial charge is 0.309 e. The third kappa shape index (κ3) is 6.26. The minimum Gasteiger partial charge on any atom is -0.309 e. The molecule has 0 atom stereocenters. The van der Waals surface area contributed by atoms with Crippen molar-refractivity contribution in [3.8, 4) is 50.8 Å². The summed E-state index contributed by atoms with van der Waals surface area (Å²) in [5.74, 6) is 0. The van der Waals surface area contributed by atoms with Crippen molar-refractivity contribution in [1.82, 2.24) is 9.13 Å². The fourth-order valence-electron chi connectivity index (χ4n) is 8.86. The Morgan fingerprint density at radius 1 is 0.438 bits per heavy atom. The second kappa shape index (κ2) is 14.9. The summed E-state index contributed by atoms with van der Waals surface area (Å²) in [6.07, 6.45) is -4.93.